The number of hydrogen-bond acceptors (Lipinski definition) is 2. The van der Waals surface area contributed by atoms with Crippen LogP contribution >= 0.6 is 0 Å². The first-order chi connectivity index (χ1) is 6.33. The quantitative estimate of drug-likeness (QED) is 0.700. The molecule has 68 valence electrons. The molecule has 2 nitrogen and oxygen atoms in total. The largest absolute Gasteiger partial charge is 0.508 e. The maximum Gasteiger partial charge on any atom is 0.120 e. The predicted molar refractivity (Wildman–Crippen MR) is 49.8 cm³/mol. The molecule has 1 atom stereocenters. The maximum atomic E-state index is 10.4. The van der Waals surface area contributed by atoms with E-state index in [2.05, 4.69) is 0 Å². The van der Waals surface area contributed by atoms with E-state index in [0.29, 0.717) is 12.2 Å². The fourth-order valence-corrected chi connectivity index (χ4v) is 2.11. The molecule has 0 heterocycles. The zero-order valence-electron chi connectivity index (χ0n) is 7.36. The lowest BCUT2D eigenvalue weighted by Gasteiger charge is -2.08. The Hall–Kier alpha value is -1.31. The highest BCUT2D eigenvalue weighted by atomic mass is 16.3. The van der Waals surface area contributed by atoms with Gasteiger partial charge in [-0.05, 0) is 30.4 Å². The number of phenolic OH excluding ortho intramolecular Hbond substituents is 1. The third-order valence-electron chi connectivity index (χ3n) is 2.72. The van der Waals surface area contributed by atoms with Crippen molar-refractivity contribution in [3.8, 4) is 5.75 Å². The van der Waals surface area contributed by atoms with Gasteiger partial charge in [0.2, 0.25) is 0 Å². The number of benzene rings is 1. The fourth-order valence-electron chi connectivity index (χ4n) is 2.11. The molecule has 2 rings (SSSR count). The average molecular weight is 176 g/mol. The number of aryl methyl sites for hydroxylation is 1. The van der Waals surface area contributed by atoms with Gasteiger partial charge >= 0.3 is 0 Å². The number of hydrogen-bond donors (Lipinski definition) is 1. The second-order valence-corrected chi connectivity index (χ2v) is 3.49. The van der Waals surface area contributed by atoms with E-state index < -0.39 is 0 Å². The average Bonchev–Trinajstić information content (AvgIpc) is 2.51. The van der Waals surface area contributed by atoms with Gasteiger partial charge in [-0.1, -0.05) is 12.1 Å². The minimum absolute atomic E-state index is 0.244. The van der Waals surface area contributed by atoms with E-state index in [1.807, 2.05) is 12.1 Å². The smallest absolute Gasteiger partial charge is 0.120 e. The molecule has 0 amide bonds. The van der Waals surface area contributed by atoms with Crippen molar-refractivity contribution in [2.45, 2.75) is 25.2 Å². The first-order valence-electron chi connectivity index (χ1n) is 4.57. The summed E-state index contributed by atoms with van der Waals surface area (Å²) >= 11 is 0. The summed E-state index contributed by atoms with van der Waals surface area (Å²) in [6.45, 7) is 0. The monoisotopic (exact) mass is 176 g/mol. The number of fused-ring (bicyclic) bond motifs is 1. The Bertz CT molecular complexity index is 331. The summed E-state index contributed by atoms with van der Waals surface area (Å²) in [7, 11) is 0. The highest BCUT2D eigenvalue weighted by Gasteiger charge is 2.24. The topological polar surface area (TPSA) is 37.3 Å². The van der Waals surface area contributed by atoms with E-state index >= 15 is 0 Å². The van der Waals surface area contributed by atoms with Crippen LogP contribution in [0.5, 0.6) is 5.75 Å². The molecule has 0 bridgehead atoms. The molecule has 0 saturated carbocycles. The van der Waals surface area contributed by atoms with Gasteiger partial charge in [0, 0.05) is 12.0 Å². The zero-order chi connectivity index (χ0) is 9.26. The molecule has 0 spiro atoms. The van der Waals surface area contributed by atoms with Gasteiger partial charge < -0.3 is 9.90 Å². The van der Waals surface area contributed by atoms with Gasteiger partial charge in [0.15, 0.2) is 0 Å². The van der Waals surface area contributed by atoms with Gasteiger partial charge in [0.25, 0.3) is 0 Å². The van der Waals surface area contributed by atoms with Crippen LogP contribution in [0.3, 0.4) is 0 Å². The van der Waals surface area contributed by atoms with Crippen LogP contribution in [0.4, 0.5) is 0 Å². The molecular weight excluding hydrogens is 164 g/mol. The van der Waals surface area contributed by atoms with Crippen molar-refractivity contribution in [2.24, 2.45) is 0 Å². The molecule has 1 N–H and O–H groups in total. The number of aromatic hydroxyl groups is 1. The second-order valence-electron chi connectivity index (χ2n) is 3.49. The molecule has 13 heavy (non-hydrogen) atoms. The van der Waals surface area contributed by atoms with Crippen LogP contribution in [-0.4, -0.2) is 11.4 Å². The van der Waals surface area contributed by atoms with Crippen LogP contribution in [0.2, 0.25) is 0 Å². The minimum Gasteiger partial charge on any atom is -0.508 e. The summed E-state index contributed by atoms with van der Waals surface area (Å²) < 4.78 is 0. The number of aldehydes is 1. The van der Waals surface area contributed by atoms with Gasteiger partial charge in [0.05, 0.1) is 0 Å². The zero-order valence-corrected chi connectivity index (χ0v) is 7.36. The Morgan fingerprint density at radius 3 is 3.15 bits per heavy atom. The maximum absolute atomic E-state index is 10.4. The van der Waals surface area contributed by atoms with E-state index in [-0.39, 0.29) is 5.92 Å². The van der Waals surface area contributed by atoms with Crippen LogP contribution in [-0.2, 0) is 11.2 Å². The van der Waals surface area contributed by atoms with Crippen molar-refractivity contribution in [1.82, 2.24) is 0 Å². The molecule has 1 aromatic rings. The summed E-state index contributed by atoms with van der Waals surface area (Å²) in [5.74, 6) is 0.593. The van der Waals surface area contributed by atoms with Gasteiger partial charge in [-0.2, -0.15) is 0 Å². The number of carbonyl (C=O) groups is 1. The molecule has 1 aliphatic carbocycles. The molecule has 1 aromatic carbocycles. The van der Waals surface area contributed by atoms with Gasteiger partial charge in [0.1, 0.15) is 12.0 Å². The van der Waals surface area contributed by atoms with E-state index in [9.17, 15) is 9.90 Å². The Labute approximate surface area is 77.2 Å². The van der Waals surface area contributed by atoms with Crippen molar-refractivity contribution in [3.05, 3.63) is 29.3 Å². The summed E-state index contributed by atoms with van der Waals surface area (Å²) in [5, 5.41) is 9.61. The lowest BCUT2D eigenvalue weighted by Crippen LogP contribution is -1.94. The van der Waals surface area contributed by atoms with E-state index in [4.69, 9.17) is 0 Å². The summed E-state index contributed by atoms with van der Waals surface area (Å²) in [5.41, 5.74) is 2.20. The second kappa shape index (κ2) is 3.21. The number of rotatable bonds is 2. The van der Waals surface area contributed by atoms with E-state index in [1.54, 1.807) is 6.07 Å². The Balaban J connectivity index is 2.39. The Kier molecular flexibility index (Phi) is 2.05. The van der Waals surface area contributed by atoms with Crippen molar-refractivity contribution in [2.75, 3.05) is 0 Å². The van der Waals surface area contributed by atoms with Gasteiger partial charge in [-0.25, -0.2) is 0 Å². The van der Waals surface area contributed by atoms with Crippen LogP contribution in [0.15, 0.2) is 18.2 Å². The van der Waals surface area contributed by atoms with Crippen molar-refractivity contribution < 1.29 is 9.90 Å². The third-order valence-corrected chi connectivity index (χ3v) is 2.72. The van der Waals surface area contributed by atoms with E-state index in [0.717, 1.165) is 24.7 Å². The Morgan fingerprint density at radius 1 is 1.54 bits per heavy atom. The minimum atomic E-state index is 0.244. The SMILES string of the molecule is O=CCC1CCc2cccc(O)c21. The van der Waals surface area contributed by atoms with Crippen LogP contribution in [0.1, 0.15) is 29.9 Å². The molecule has 0 radical (unpaired) electrons. The summed E-state index contributed by atoms with van der Waals surface area (Å²) in [6, 6.07) is 5.58. The first kappa shape index (κ1) is 8.30. The summed E-state index contributed by atoms with van der Waals surface area (Å²) in [4.78, 5) is 10.4. The normalized spacial score (nSPS) is 19.8. The molecule has 0 aliphatic heterocycles. The number of carbonyl (C=O) groups excluding carboxylic acids is 1. The van der Waals surface area contributed by atoms with Crippen LogP contribution in [0, 0.1) is 0 Å². The van der Waals surface area contributed by atoms with Crippen molar-refractivity contribution in [1.29, 1.82) is 0 Å². The molecule has 0 aromatic heterocycles. The summed E-state index contributed by atoms with van der Waals surface area (Å²) in [6.07, 6.45) is 3.45. The third kappa shape index (κ3) is 1.32. The van der Waals surface area contributed by atoms with Crippen LogP contribution in [0.25, 0.3) is 0 Å². The highest BCUT2D eigenvalue weighted by molar-refractivity contribution is 5.55. The predicted octanol–water partition coefficient (Wildman–Crippen LogP) is 2.01. The molecule has 0 fully saturated rings. The van der Waals surface area contributed by atoms with Crippen molar-refractivity contribution in [3.63, 3.8) is 0 Å². The lowest BCUT2D eigenvalue weighted by atomic mass is 9.98. The molecule has 1 aliphatic rings. The molecule has 1 unspecified atom stereocenters. The lowest BCUT2D eigenvalue weighted by molar-refractivity contribution is -0.108. The van der Waals surface area contributed by atoms with Crippen molar-refractivity contribution >= 4 is 6.29 Å². The number of phenols is 1. The molecule has 0 saturated heterocycles. The van der Waals surface area contributed by atoms with Gasteiger partial charge in [-0.15, -0.1) is 0 Å². The first-order valence-corrected chi connectivity index (χ1v) is 4.57. The fraction of sp³-hybridized carbons (Fsp3) is 0.364. The molecular formula is C11H12O2. The standard InChI is InChI=1S/C11H12O2/c12-7-6-9-5-4-8-2-1-3-10(13)11(8)9/h1-3,7,9,13H,4-6H2. The van der Waals surface area contributed by atoms with Gasteiger partial charge in [-0.3, -0.25) is 0 Å². The van der Waals surface area contributed by atoms with E-state index in [1.165, 1.54) is 5.56 Å². The van der Waals surface area contributed by atoms with Crippen LogP contribution < -0.4 is 0 Å². The Morgan fingerprint density at radius 2 is 2.38 bits per heavy atom. The molecule has 2 heteroatoms. The highest BCUT2D eigenvalue weighted by Crippen LogP contribution is 2.40.